The van der Waals surface area contributed by atoms with Gasteiger partial charge in [-0.25, -0.2) is 4.98 Å². The summed E-state index contributed by atoms with van der Waals surface area (Å²) < 4.78 is 0. The molecule has 1 aliphatic heterocycles. The largest absolute Gasteiger partial charge is 0.370 e. The molecule has 2 heterocycles. The molecule has 2 unspecified atom stereocenters. The molecule has 1 fully saturated rings. The predicted molar refractivity (Wildman–Crippen MR) is 82.0 cm³/mol. The van der Waals surface area contributed by atoms with Gasteiger partial charge in [0.05, 0.1) is 0 Å². The Morgan fingerprint density at radius 3 is 2.90 bits per heavy atom. The molecule has 1 saturated heterocycles. The second kappa shape index (κ2) is 6.73. The van der Waals surface area contributed by atoms with Crippen LogP contribution in [0.1, 0.15) is 56.9 Å². The molecule has 0 aromatic carbocycles. The van der Waals surface area contributed by atoms with Crippen LogP contribution < -0.4 is 5.32 Å². The van der Waals surface area contributed by atoms with Gasteiger partial charge in [0.25, 0.3) is 5.91 Å². The van der Waals surface area contributed by atoms with Gasteiger partial charge in [0.1, 0.15) is 11.5 Å². The zero-order chi connectivity index (χ0) is 14.5. The van der Waals surface area contributed by atoms with E-state index < -0.39 is 0 Å². The normalized spacial score (nSPS) is 22.1. The highest BCUT2D eigenvalue weighted by molar-refractivity contribution is 5.93. The number of hydrogen-bond acceptors (Lipinski definition) is 3. The van der Waals surface area contributed by atoms with Gasteiger partial charge in [-0.05, 0) is 44.7 Å². The van der Waals surface area contributed by atoms with E-state index in [1.54, 1.807) is 0 Å². The van der Waals surface area contributed by atoms with Gasteiger partial charge in [-0.1, -0.05) is 19.9 Å². The summed E-state index contributed by atoms with van der Waals surface area (Å²) in [6.07, 6.45) is 4.26. The van der Waals surface area contributed by atoms with Crippen molar-refractivity contribution in [2.75, 3.05) is 11.9 Å². The van der Waals surface area contributed by atoms with E-state index in [0.717, 1.165) is 38.0 Å². The fraction of sp³-hybridized carbons (Fsp3) is 0.625. The molecule has 1 aliphatic rings. The number of likely N-dealkylation sites (tertiary alicyclic amines) is 1. The number of carbonyl (C=O) groups excluding carboxylic acids is 1. The van der Waals surface area contributed by atoms with Gasteiger partial charge < -0.3 is 10.2 Å². The quantitative estimate of drug-likeness (QED) is 0.896. The average Bonchev–Trinajstić information content (AvgIpc) is 2.85. The molecule has 1 N–H and O–H groups in total. The molecule has 0 saturated carbocycles. The van der Waals surface area contributed by atoms with Crippen LogP contribution >= 0.6 is 0 Å². The zero-order valence-electron chi connectivity index (χ0n) is 12.7. The van der Waals surface area contributed by atoms with E-state index in [1.807, 2.05) is 23.1 Å². The highest BCUT2D eigenvalue weighted by Crippen LogP contribution is 2.27. The summed E-state index contributed by atoms with van der Waals surface area (Å²) in [5.74, 6) is 0.861. The Bertz CT molecular complexity index is 461. The summed E-state index contributed by atoms with van der Waals surface area (Å²) in [7, 11) is 0. The molecule has 1 aromatic rings. The van der Waals surface area contributed by atoms with Crippen molar-refractivity contribution in [2.45, 2.75) is 58.5 Å². The summed E-state index contributed by atoms with van der Waals surface area (Å²) in [6.45, 7) is 7.27. The zero-order valence-corrected chi connectivity index (χ0v) is 12.7. The molecule has 110 valence electrons. The molecule has 0 radical (unpaired) electrons. The maximum atomic E-state index is 12.7. The summed E-state index contributed by atoms with van der Waals surface area (Å²) in [5.41, 5.74) is 0.554. The lowest BCUT2D eigenvalue weighted by molar-refractivity contribution is 0.0670. The third-order valence-corrected chi connectivity index (χ3v) is 4.02. The summed E-state index contributed by atoms with van der Waals surface area (Å²) >= 11 is 0. The number of aromatic nitrogens is 1. The van der Waals surface area contributed by atoms with Crippen LogP contribution in [0.4, 0.5) is 5.82 Å². The topological polar surface area (TPSA) is 45.2 Å². The molecule has 1 amide bonds. The Morgan fingerprint density at radius 1 is 1.40 bits per heavy atom. The molecule has 4 heteroatoms. The molecule has 4 nitrogen and oxygen atoms in total. The van der Waals surface area contributed by atoms with Gasteiger partial charge in [-0.2, -0.15) is 0 Å². The third kappa shape index (κ3) is 3.11. The van der Waals surface area contributed by atoms with Crippen LogP contribution in [0.15, 0.2) is 18.2 Å². The van der Waals surface area contributed by atoms with Gasteiger partial charge >= 0.3 is 0 Å². The molecular weight excluding hydrogens is 250 g/mol. The van der Waals surface area contributed by atoms with Gasteiger partial charge in [-0.3, -0.25) is 4.79 Å². The minimum Gasteiger partial charge on any atom is -0.370 e. The van der Waals surface area contributed by atoms with E-state index in [0.29, 0.717) is 17.8 Å². The maximum absolute atomic E-state index is 12.7. The number of nitrogens with one attached hydrogen (secondary N) is 1. The Balaban J connectivity index is 2.15. The lowest BCUT2D eigenvalue weighted by Gasteiger charge is -2.27. The molecule has 0 bridgehead atoms. The maximum Gasteiger partial charge on any atom is 0.273 e. The van der Waals surface area contributed by atoms with Crippen molar-refractivity contribution >= 4 is 11.7 Å². The van der Waals surface area contributed by atoms with E-state index in [4.69, 9.17) is 0 Å². The van der Waals surface area contributed by atoms with E-state index in [1.165, 1.54) is 0 Å². The van der Waals surface area contributed by atoms with Gasteiger partial charge in [0.15, 0.2) is 0 Å². The second-order valence-electron chi connectivity index (χ2n) is 5.54. The van der Waals surface area contributed by atoms with Crippen LogP contribution in [0.25, 0.3) is 0 Å². The first-order valence-electron chi connectivity index (χ1n) is 7.71. The van der Waals surface area contributed by atoms with Crippen LogP contribution in [0.3, 0.4) is 0 Å². The smallest absolute Gasteiger partial charge is 0.273 e. The number of anilines is 1. The number of nitrogens with zero attached hydrogens (tertiary/aromatic N) is 2. The summed E-state index contributed by atoms with van der Waals surface area (Å²) in [6, 6.07) is 6.32. The third-order valence-electron chi connectivity index (χ3n) is 4.02. The Labute approximate surface area is 121 Å². The fourth-order valence-electron chi connectivity index (χ4n) is 2.88. The predicted octanol–water partition coefficient (Wildman–Crippen LogP) is 3.31. The SMILES string of the molecule is CCCNc1cccc(C(=O)N2C(C)CCC2CC)n1. The minimum atomic E-state index is 0.0713. The lowest BCUT2D eigenvalue weighted by Crippen LogP contribution is -2.40. The molecule has 20 heavy (non-hydrogen) atoms. The first kappa shape index (κ1) is 14.8. The van der Waals surface area contributed by atoms with Crippen molar-refractivity contribution in [3.05, 3.63) is 23.9 Å². The van der Waals surface area contributed by atoms with Crippen molar-refractivity contribution in [2.24, 2.45) is 0 Å². The number of hydrogen-bond donors (Lipinski definition) is 1. The molecule has 2 rings (SSSR count). The molecule has 2 atom stereocenters. The lowest BCUT2D eigenvalue weighted by atomic mass is 10.1. The van der Waals surface area contributed by atoms with Crippen LogP contribution in [-0.2, 0) is 0 Å². The standard InChI is InChI=1S/C16H25N3O/c1-4-11-17-15-8-6-7-14(18-15)16(20)19-12(3)9-10-13(19)5-2/h6-8,12-13H,4-5,9-11H2,1-3H3,(H,17,18). The van der Waals surface area contributed by atoms with Gasteiger partial charge in [0.2, 0.25) is 0 Å². The number of amides is 1. The van der Waals surface area contributed by atoms with Crippen molar-refractivity contribution in [3.8, 4) is 0 Å². The van der Waals surface area contributed by atoms with Crippen molar-refractivity contribution < 1.29 is 4.79 Å². The Kier molecular flexibility index (Phi) is 4.99. The number of rotatable bonds is 5. The van der Waals surface area contributed by atoms with E-state index in [9.17, 15) is 4.79 Å². The highest BCUT2D eigenvalue weighted by Gasteiger charge is 2.34. The van der Waals surface area contributed by atoms with E-state index in [2.05, 4.69) is 31.1 Å². The Hall–Kier alpha value is -1.58. The van der Waals surface area contributed by atoms with Gasteiger partial charge in [0, 0.05) is 18.6 Å². The molecule has 1 aromatic heterocycles. The van der Waals surface area contributed by atoms with Gasteiger partial charge in [-0.15, -0.1) is 0 Å². The van der Waals surface area contributed by atoms with Crippen LogP contribution in [0, 0.1) is 0 Å². The van der Waals surface area contributed by atoms with Crippen LogP contribution in [-0.4, -0.2) is 34.4 Å². The van der Waals surface area contributed by atoms with Crippen LogP contribution in [0.5, 0.6) is 0 Å². The first-order valence-corrected chi connectivity index (χ1v) is 7.71. The van der Waals surface area contributed by atoms with Crippen molar-refractivity contribution in [1.82, 2.24) is 9.88 Å². The monoisotopic (exact) mass is 275 g/mol. The summed E-state index contributed by atoms with van der Waals surface area (Å²) in [4.78, 5) is 19.2. The highest BCUT2D eigenvalue weighted by atomic mass is 16.2. The van der Waals surface area contributed by atoms with E-state index in [-0.39, 0.29) is 5.91 Å². The average molecular weight is 275 g/mol. The van der Waals surface area contributed by atoms with Crippen molar-refractivity contribution in [3.63, 3.8) is 0 Å². The number of carbonyl (C=O) groups is 1. The fourth-order valence-corrected chi connectivity index (χ4v) is 2.88. The Morgan fingerprint density at radius 2 is 2.20 bits per heavy atom. The molecule has 0 spiro atoms. The second-order valence-corrected chi connectivity index (χ2v) is 5.54. The van der Waals surface area contributed by atoms with E-state index >= 15 is 0 Å². The number of pyridine rings is 1. The van der Waals surface area contributed by atoms with Crippen molar-refractivity contribution in [1.29, 1.82) is 0 Å². The molecule has 0 aliphatic carbocycles. The minimum absolute atomic E-state index is 0.0713. The first-order chi connectivity index (χ1) is 9.67. The summed E-state index contributed by atoms with van der Waals surface area (Å²) in [5, 5.41) is 3.23. The van der Waals surface area contributed by atoms with Crippen LogP contribution in [0.2, 0.25) is 0 Å². The molecular formula is C16H25N3O.